The van der Waals surface area contributed by atoms with Gasteiger partial charge in [0.15, 0.2) is 0 Å². The Morgan fingerprint density at radius 2 is 2.17 bits per heavy atom. The summed E-state index contributed by atoms with van der Waals surface area (Å²) in [4.78, 5) is 0. The largest absolute Gasteiger partial charge is 0.381 e. The van der Waals surface area contributed by atoms with Gasteiger partial charge in [0.2, 0.25) is 0 Å². The van der Waals surface area contributed by atoms with Crippen molar-refractivity contribution < 1.29 is 4.74 Å². The van der Waals surface area contributed by atoms with Crippen LogP contribution in [0.2, 0.25) is 0 Å². The summed E-state index contributed by atoms with van der Waals surface area (Å²) in [6, 6.07) is 0. The quantitative estimate of drug-likeness (QED) is 0.577. The summed E-state index contributed by atoms with van der Waals surface area (Å²) in [6.45, 7) is 8.08. The fraction of sp³-hybridized carbons (Fsp3) is 0.818. The van der Waals surface area contributed by atoms with Crippen LogP contribution in [-0.2, 0) is 4.74 Å². The van der Waals surface area contributed by atoms with Crippen molar-refractivity contribution in [1.29, 1.82) is 0 Å². The molecule has 0 spiro atoms. The van der Waals surface area contributed by atoms with Crippen LogP contribution in [0.5, 0.6) is 0 Å². The van der Waals surface area contributed by atoms with E-state index in [2.05, 4.69) is 19.1 Å². The van der Waals surface area contributed by atoms with Gasteiger partial charge < -0.3 is 4.74 Å². The third-order valence-electron chi connectivity index (χ3n) is 1.84. The van der Waals surface area contributed by atoms with Crippen molar-refractivity contribution in [2.45, 2.75) is 40.0 Å². The standard InChI is InChI=1S/C9H16O.C2H6/c1-2-3-5-9-6-4-7-10-8-9;1-2/h3,5,9H,2,4,6-8H2,1H3;1-2H3/b5-3+;. The Bertz CT molecular complexity index is 102. The van der Waals surface area contributed by atoms with E-state index < -0.39 is 0 Å². The summed E-state index contributed by atoms with van der Waals surface area (Å²) >= 11 is 0. The van der Waals surface area contributed by atoms with Gasteiger partial charge in [0.1, 0.15) is 0 Å². The summed E-state index contributed by atoms with van der Waals surface area (Å²) < 4.78 is 5.33. The minimum atomic E-state index is 0.702. The molecule has 1 atom stereocenters. The van der Waals surface area contributed by atoms with Crippen molar-refractivity contribution in [2.75, 3.05) is 13.2 Å². The van der Waals surface area contributed by atoms with Crippen LogP contribution in [0.4, 0.5) is 0 Å². The van der Waals surface area contributed by atoms with Gasteiger partial charge in [-0.2, -0.15) is 0 Å². The van der Waals surface area contributed by atoms with E-state index in [9.17, 15) is 0 Å². The van der Waals surface area contributed by atoms with Crippen molar-refractivity contribution in [2.24, 2.45) is 5.92 Å². The molecule has 1 fully saturated rings. The van der Waals surface area contributed by atoms with Crippen molar-refractivity contribution >= 4 is 0 Å². The second kappa shape index (κ2) is 8.79. The first-order chi connectivity index (χ1) is 5.93. The molecule has 1 aliphatic heterocycles. The molecule has 0 aromatic heterocycles. The molecule has 72 valence electrons. The average Bonchev–Trinajstić information content (AvgIpc) is 2.19. The predicted molar refractivity (Wildman–Crippen MR) is 54.3 cm³/mol. The van der Waals surface area contributed by atoms with E-state index in [-0.39, 0.29) is 0 Å². The first-order valence-electron chi connectivity index (χ1n) is 5.18. The Labute approximate surface area is 76.8 Å². The van der Waals surface area contributed by atoms with Gasteiger partial charge >= 0.3 is 0 Å². The molecule has 0 saturated carbocycles. The Morgan fingerprint density at radius 1 is 1.42 bits per heavy atom. The third kappa shape index (κ3) is 5.36. The van der Waals surface area contributed by atoms with Gasteiger partial charge in [-0.15, -0.1) is 0 Å². The first-order valence-corrected chi connectivity index (χ1v) is 5.18. The van der Waals surface area contributed by atoms with E-state index >= 15 is 0 Å². The average molecular weight is 170 g/mol. The molecule has 1 heteroatoms. The fourth-order valence-electron chi connectivity index (χ4n) is 1.25. The van der Waals surface area contributed by atoms with Crippen molar-refractivity contribution in [1.82, 2.24) is 0 Å². The van der Waals surface area contributed by atoms with Crippen LogP contribution in [0.1, 0.15) is 40.0 Å². The van der Waals surface area contributed by atoms with Crippen LogP contribution in [-0.4, -0.2) is 13.2 Å². The van der Waals surface area contributed by atoms with E-state index in [4.69, 9.17) is 4.74 Å². The maximum absolute atomic E-state index is 5.33. The predicted octanol–water partition coefficient (Wildman–Crippen LogP) is 3.41. The SMILES string of the molecule is CC.CC/C=C/C1CCCOC1. The number of hydrogen-bond donors (Lipinski definition) is 0. The van der Waals surface area contributed by atoms with Gasteiger partial charge in [0.25, 0.3) is 0 Å². The smallest absolute Gasteiger partial charge is 0.0528 e. The monoisotopic (exact) mass is 170 g/mol. The minimum absolute atomic E-state index is 0.702. The lowest BCUT2D eigenvalue weighted by atomic mass is 10.0. The molecule has 12 heavy (non-hydrogen) atoms. The zero-order valence-corrected chi connectivity index (χ0v) is 8.68. The highest BCUT2D eigenvalue weighted by molar-refractivity contribution is 4.88. The summed E-state index contributed by atoms with van der Waals surface area (Å²) in [7, 11) is 0. The topological polar surface area (TPSA) is 9.23 Å². The molecule has 0 aromatic carbocycles. The normalized spacial score (nSPS) is 23.4. The number of ether oxygens (including phenoxy) is 1. The zero-order valence-electron chi connectivity index (χ0n) is 8.68. The molecule has 1 heterocycles. The molecule has 1 saturated heterocycles. The summed E-state index contributed by atoms with van der Waals surface area (Å²) in [6.07, 6.45) is 8.23. The summed E-state index contributed by atoms with van der Waals surface area (Å²) in [5.41, 5.74) is 0. The van der Waals surface area contributed by atoms with Crippen LogP contribution >= 0.6 is 0 Å². The van der Waals surface area contributed by atoms with Gasteiger partial charge in [-0.1, -0.05) is 32.9 Å². The first kappa shape index (κ1) is 11.7. The highest BCUT2D eigenvalue weighted by Crippen LogP contribution is 2.14. The van der Waals surface area contributed by atoms with E-state index in [1.54, 1.807) is 0 Å². The Morgan fingerprint density at radius 3 is 2.67 bits per heavy atom. The van der Waals surface area contributed by atoms with Crippen LogP contribution in [0, 0.1) is 5.92 Å². The van der Waals surface area contributed by atoms with Crippen LogP contribution < -0.4 is 0 Å². The molecular formula is C11H22O. The maximum Gasteiger partial charge on any atom is 0.0528 e. The van der Waals surface area contributed by atoms with Gasteiger partial charge in [-0.3, -0.25) is 0 Å². The van der Waals surface area contributed by atoms with Crippen molar-refractivity contribution in [3.63, 3.8) is 0 Å². The van der Waals surface area contributed by atoms with E-state index in [0.29, 0.717) is 5.92 Å². The molecule has 1 unspecified atom stereocenters. The molecule has 1 aliphatic rings. The molecule has 0 amide bonds. The molecule has 0 bridgehead atoms. The fourth-order valence-corrected chi connectivity index (χ4v) is 1.25. The van der Waals surface area contributed by atoms with Crippen LogP contribution in [0.15, 0.2) is 12.2 Å². The van der Waals surface area contributed by atoms with Gasteiger partial charge in [-0.25, -0.2) is 0 Å². The Hall–Kier alpha value is -0.300. The lowest BCUT2D eigenvalue weighted by Crippen LogP contribution is -2.14. The van der Waals surface area contributed by atoms with Gasteiger partial charge in [0, 0.05) is 12.5 Å². The van der Waals surface area contributed by atoms with Crippen LogP contribution in [0.3, 0.4) is 0 Å². The second-order valence-electron chi connectivity index (χ2n) is 2.81. The molecular weight excluding hydrogens is 148 g/mol. The molecule has 0 aliphatic carbocycles. The Balaban J connectivity index is 0.000000561. The summed E-state index contributed by atoms with van der Waals surface area (Å²) in [5, 5.41) is 0. The Kier molecular flexibility index (Phi) is 8.57. The number of hydrogen-bond acceptors (Lipinski definition) is 1. The lowest BCUT2D eigenvalue weighted by Gasteiger charge is -2.18. The molecule has 1 nitrogen and oxygen atoms in total. The van der Waals surface area contributed by atoms with E-state index in [1.807, 2.05) is 13.8 Å². The van der Waals surface area contributed by atoms with Crippen LogP contribution in [0.25, 0.3) is 0 Å². The van der Waals surface area contributed by atoms with E-state index in [0.717, 1.165) is 19.6 Å². The van der Waals surface area contributed by atoms with Gasteiger partial charge in [-0.05, 0) is 19.3 Å². The molecule has 1 rings (SSSR count). The second-order valence-corrected chi connectivity index (χ2v) is 2.81. The molecule has 0 radical (unpaired) electrons. The van der Waals surface area contributed by atoms with Gasteiger partial charge in [0.05, 0.1) is 6.61 Å². The highest BCUT2D eigenvalue weighted by Gasteiger charge is 2.09. The van der Waals surface area contributed by atoms with E-state index in [1.165, 1.54) is 12.8 Å². The lowest BCUT2D eigenvalue weighted by molar-refractivity contribution is 0.0709. The highest BCUT2D eigenvalue weighted by atomic mass is 16.5. The molecule has 0 aromatic rings. The van der Waals surface area contributed by atoms with Crippen molar-refractivity contribution in [3.05, 3.63) is 12.2 Å². The third-order valence-corrected chi connectivity index (χ3v) is 1.84. The minimum Gasteiger partial charge on any atom is -0.381 e. The summed E-state index contributed by atoms with van der Waals surface area (Å²) in [5.74, 6) is 0.702. The number of rotatable bonds is 2. The maximum atomic E-state index is 5.33. The number of allylic oxidation sites excluding steroid dienone is 1. The van der Waals surface area contributed by atoms with Crippen molar-refractivity contribution in [3.8, 4) is 0 Å². The molecule has 0 N–H and O–H groups in total. The zero-order chi connectivity index (χ0) is 9.23.